The molecule has 2 N–H and O–H groups in total. The largest absolute Gasteiger partial charge is 0.465 e. The van der Waals surface area contributed by atoms with Crippen LogP contribution < -0.4 is 10.6 Å². The Morgan fingerprint density at radius 2 is 1.91 bits per heavy atom. The fourth-order valence-electron chi connectivity index (χ4n) is 1.81. The summed E-state index contributed by atoms with van der Waals surface area (Å²) in [6.45, 7) is -0.198. The summed E-state index contributed by atoms with van der Waals surface area (Å²) < 4.78 is 4.61. The maximum atomic E-state index is 11.8. The maximum Gasteiger partial charge on any atom is 0.337 e. The molecule has 1 aromatic carbocycles. The van der Waals surface area contributed by atoms with Gasteiger partial charge in [-0.3, -0.25) is 14.6 Å². The molecule has 0 atom stereocenters. The van der Waals surface area contributed by atoms with E-state index >= 15 is 0 Å². The molecule has 0 bridgehead atoms. The molecule has 0 fully saturated rings. The fraction of sp³-hybridized carbons (Fsp3) is 0.125. The summed E-state index contributed by atoms with van der Waals surface area (Å²) in [5.74, 6) is -1.30. The Kier molecular flexibility index (Phi) is 5.40. The van der Waals surface area contributed by atoms with Gasteiger partial charge < -0.3 is 15.4 Å². The van der Waals surface area contributed by atoms with Gasteiger partial charge in [-0.25, -0.2) is 4.79 Å². The van der Waals surface area contributed by atoms with Crippen molar-refractivity contribution in [3.8, 4) is 0 Å². The first-order valence-corrected chi connectivity index (χ1v) is 6.76. The molecule has 0 aliphatic heterocycles. The lowest BCUT2D eigenvalue weighted by Crippen LogP contribution is -2.32. The number of nitrogens with one attached hydrogen (secondary N) is 2. The van der Waals surface area contributed by atoms with E-state index in [0.29, 0.717) is 16.8 Å². The highest BCUT2D eigenvalue weighted by Gasteiger charge is 2.10. The van der Waals surface area contributed by atoms with E-state index in [9.17, 15) is 14.4 Å². The lowest BCUT2D eigenvalue weighted by molar-refractivity contribution is -0.115. The summed E-state index contributed by atoms with van der Waals surface area (Å²) in [6.07, 6.45) is 2.96. The Morgan fingerprint density at radius 1 is 1.13 bits per heavy atom. The molecule has 0 unspecified atom stereocenters. The smallest absolute Gasteiger partial charge is 0.337 e. The predicted molar refractivity (Wildman–Crippen MR) is 83.0 cm³/mol. The van der Waals surface area contributed by atoms with Crippen molar-refractivity contribution in [3.63, 3.8) is 0 Å². The first-order valence-electron chi connectivity index (χ1n) is 6.76. The number of rotatable bonds is 5. The molecular formula is C16H15N3O4. The van der Waals surface area contributed by atoms with Gasteiger partial charge in [0.2, 0.25) is 5.91 Å². The van der Waals surface area contributed by atoms with Gasteiger partial charge in [-0.1, -0.05) is 6.07 Å². The second-order valence-electron chi connectivity index (χ2n) is 4.54. The number of benzene rings is 1. The van der Waals surface area contributed by atoms with Crippen molar-refractivity contribution < 1.29 is 19.1 Å². The molecule has 0 aliphatic carbocycles. The van der Waals surface area contributed by atoms with Crippen LogP contribution in [0.4, 0.5) is 5.69 Å². The molecule has 0 saturated heterocycles. The zero-order valence-corrected chi connectivity index (χ0v) is 12.4. The van der Waals surface area contributed by atoms with Gasteiger partial charge in [0.1, 0.15) is 0 Å². The lowest BCUT2D eigenvalue weighted by Gasteiger charge is -2.08. The zero-order chi connectivity index (χ0) is 16.7. The van der Waals surface area contributed by atoms with Crippen molar-refractivity contribution in [2.45, 2.75) is 0 Å². The summed E-state index contributed by atoms with van der Waals surface area (Å²) in [6, 6.07) is 9.55. The van der Waals surface area contributed by atoms with E-state index in [4.69, 9.17) is 0 Å². The molecule has 0 aliphatic rings. The number of esters is 1. The van der Waals surface area contributed by atoms with E-state index in [1.807, 2.05) is 0 Å². The maximum absolute atomic E-state index is 11.8. The number of methoxy groups -OCH3 is 1. The van der Waals surface area contributed by atoms with Crippen molar-refractivity contribution in [3.05, 3.63) is 59.9 Å². The van der Waals surface area contributed by atoms with E-state index in [-0.39, 0.29) is 6.54 Å². The van der Waals surface area contributed by atoms with Gasteiger partial charge in [-0.15, -0.1) is 0 Å². The monoisotopic (exact) mass is 313 g/mol. The van der Waals surface area contributed by atoms with Gasteiger partial charge in [0.25, 0.3) is 5.91 Å². The van der Waals surface area contributed by atoms with Crippen molar-refractivity contribution in [1.29, 1.82) is 0 Å². The second kappa shape index (κ2) is 7.69. The minimum absolute atomic E-state index is 0.198. The first-order chi connectivity index (χ1) is 11.1. The molecule has 1 heterocycles. The Morgan fingerprint density at radius 3 is 2.61 bits per heavy atom. The number of hydrogen-bond donors (Lipinski definition) is 2. The van der Waals surface area contributed by atoms with E-state index in [2.05, 4.69) is 20.4 Å². The Balaban J connectivity index is 1.90. The zero-order valence-electron chi connectivity index (χ0n) is 12.4. The predicted octanol–water partition coefficient (Wildman–Crippen LogP) is 1.24. The van der Waals surface area contributed by atoms with E-state index < -0.39 is 17.8 Å². The van der Waals surface area contributed by atoms with Crippen LogP contribution in [-0.4, -0.2) is 36.4 Å². The number of pyridine rings is 1. The molecule has 2 amide bonds. The van der Waals surface area contributed by atoms with Crippen molar-refractivity contribution in [2.24, 2.45) is 0 Å². The summed E-state index contributed by atoms with van der Waals surface area (Å²) in [4.78, 5) is 38.9. The quantitative estimate of drug-likeness (QED) is 0.809. The van der Waals surface area contributed by atoms with Crippen LogP contribution in [0.5, 0.6) is 0 Å². The highest BCUT2D eigenvalue weighted by Crippen LogP contribution is 2.11. The summed E-state index contributed by atoms with van der Waals surface area (Å²) >= 11 is 0. The number of carbonyl (C=O) groups excluding carboxylic acids is 3. The van der Waals surface area contributed by atoms with Gasteiger partial charge in [0, 0.05) is 18.1 Å². The first kappa shape index (κ1) is 16.2. The molecule has 2 aromatic rings. The number of amides is 2. The summed E-state index contributed by atoms with van der Waals surface area (Å²) in [5.41, 5.74) is 1.13. The molecule has 23 heavy (non-hydrogen) atoms. The third-order valence-electron chi connectivity index (χ3n) is 2.90. The van der Waals surface area contributed by atoms with Crippen LogP contribution in [0.1, 0.15) is 20.7 Å². The molecular weight excluding hydrogens is 298 g/mol. The molecule has 1 aromatic heterocycles. The number of anilines is 1. The summed E-state index contributed by atoms with van der Waals surface area (Å²) in [7, 11) is 1.28. The molecule has 7 heteroatoms. The average Bonchev–Trinajstić information content (AvgIpc) is 2.60. The van der Waals surface area contributed by atoms with Crippen LogP contribution in [0.15, 0.2) is 48.8 Å². The van der Waals surface area contributed by atoms with Crippen LogP contribution in [-0.2, 0) is 9.53 Å². The van der Waals surface area contributed by atoms with E-state index in [1.54, 1.807) is 36.5 Å². The van der Waals surface area contributed by atoms with Crippen LogP contribution in [0.3, 0.4) is 0 Å². The highest BCUT2D eigenvalue weighted by molar-refractivity contribution is 5.99. The number of aromatic nitrogens is 1. The second-order valence-corrected chi connectivity index (χ2v) is 4.54. The molecule has 118 valence electrons. The third-order valence-corrected chi connectivity index (χ3v) is 2.90. The number of carbonyl (C=O) groups is 3. The molecule has 0 radical (unpaired) electrons. The van der Waals surface area contributed by atoms with Gasteiger partial charge in [0.05, 0.1) is 24.8 Å². The van der Waals surface area contributed by atoms with Crippen LogP contribution in [0.25, 0.3) is 0 Å². The Labute approximate surface area is 132 Å². The number of nitrogens with zero attached hydrogens (tertiary/aromatic N) is 1. The SMILES string of the molecule is COC(=O)c1cccc(NC(=O)CNC(=O)c2cccnc2)c1. The van der Waals surface area contributed by atoms with E-state index in [1.165, 1.54) is 19.4 Å². The standard InChI is InChI=1S/C16H15N3O4/c1-23-16(22)11-4-2-6-13(8-11)19-14(20)10-18-15(21)12-5-3-7-17-9-12/h2-9H,10H2,1H3,(H,18,21)(H,19,20). The number of ether oxygens (including phenoxy) is 1. The Bertz CT molecular complexity index is 716. The van der Waals surface area contributed by atoms with Crippen molar-refractivity contribution in [1.82, 2.24) is 10.3 Å². The minimum Gasteiger partial charge on any atom is -0.465 e. The van der Waals surface area contributed by atoms with Crippen LogP contribution >= 0.6 is 0 Å². The number of hydrogen-bond acceptors (Lipinski definition) is 5. The van der Waals surface area contributed by atoms with Gasteiger partial charge in [0.15, 0.2) is 0 Å². The minimum atomic E-state index is -0.494. The van der Waals surface area contributed by atoms with E-state index in [0.717, 1.165) is 0 Å². The summed E-state index contributed by atoms with van der Waals surface area (Å²) in [5, 5.41) is 5.08. The van der Waals surface area contributed by atoms with Crippen molar-refractivity contribution in [2.75, 3.05) is 19.0 Å². The Hall–Kier alpha value is -3.22. The molecule has 7 nitrogen and oxygen atoms in total. The topological polar surface area (TPSA) is 97.4 Å². The van der Waals surface area contributed by atoms with Crippen molar-refractivity contribution >= 4 is 23.5 Å². The average molecular weight is 313 g/mol. The van der Waals surface area contributed by atoms with Gasteiger partial charge in [-0.05, 0) is 30.3 Å². The lowest BCUT2D eigenvalue weighted by atomic mass is 10.2. The fourth-order valence-corrected chi connectivity index (χ4v) is 1.81. The third kappa shape index (κ3) is 4.63. The highest BCUT2D eigenvalue weighted by atomic mass is 16.5. The molecule has 0 spiro atoms. The molecule has 0 saturated carbocycles. The van der Waals surface area contributed by atoms with Crippen LogP contribution in [0, 0.1) is 0 Å². The molecule has 2 rings (SSSR count). The van der Waals surface area contributed by atoms with Gasteiger partial charge in [-0.2, -0.15) is 0 Å². The van der Waals surface area contributed by atoms with Crippen LogP contribution in [0.2, 0.25) is 0 Å². The van der Waals surface area contributed by atoms with Gasteiger partial charge >= 0.3 is 5.97 Å². The normalized spacial score (nSPS) is 9.78.